The number of rotatable bonds is 4. The summed E-state index contributed by atoms with van der Waals surface area (Å²) in [6.45, 7) is 6.50. The molecular formula is C19H22N2O2. The van der Waals surface area contributed by atoms with E-state index in [9.17, 15) is 4.79 Å². The third-order valence-corrected chi connectivity index (χ3v) is 4.20. The molecule has 4 heteroatoms. The van der Waals surface area contributed by atoms with Crippen molar-refractivity contribution in [2.24, 2.45) is 0 Å². The van der Waals surface area contributed by atoms with E-state index in [1.54, 1.807) is 0 Å². The molecule has 120 valence electrons. The summed E-state index contributed by atoms with van der Waals surface area (Å²) in [6.07, 6.45) is 0. The number of aromatic nitrogens is 1. The maximum atomic E-state index is 11.8. The molecule has 23 heavy (non-hydrogen) atoms. The maximum Gasteiger partial charge on any atom is 0.250 e. The van der Waals surface area contributed by atoms with Crippen molar-refractivity contribution in [1.29, 1.82) is 0 Å². The Morgan fingerprint density at radius 3 is 2.61 bits per heavy atom. The third-order valence-electron chi connectivity index (χ3n) is 4.20. The summed E-state index contributed by atoms with van der Waals surface area (Å²) in [5.74, 6) is -0.137. The van der Waals surface area contributed by atoms with Crippen LogP contribution in [0.2, 0.25) is 0 Å². The van der Waals surface area contributed by atoms with E-state index in [0.717, 1.165) is 11.3 Å². The number of aryl methyl sites for hydroxylation is 1. The van der Waals surface area contributed by atoms with E-state index in [1.807, 2.05) is 6.07 Å². The molecule has 0 bridgehead atoms. The molecule has 1 heterocycles. The van der Waals surface area contributed by atoms with Crippen LogP contribution in [0, 0.1) is 6.92 Å². The second-order valence-electron chi connectivity index (χ2n) is 6.09. The minimum absolute atomic E-state index is 0.0607. The molecule has 0 aliphatic heterocycles. The van der Waals surface area contributed by atoms with Crippen molar-refractivity contribution in [2.75, 3.05) is 19.0 Å². The Morgan fingerprint density at radius 1 is 1.17 bits per heavy atom. The van der Waals surface area contributed by atoms with Crippen LogP contribution in [-0.4, -0.2) is 24.2 Å². The van der Waals surface area contributed by atoms with Gasteiger partial charge in [0.2, 0.25) is 5.91 Å². The number of hydrogen-bond acceptors (Lipinski definition) is 2. The SMILES string of the molecule is COCC(=O)Nc1ccc2c(c1C)c1ccccc1n2C(C)C. The van der Waals surface area contributed by atoms with Crippen LogP contribution < -0.4 is 5.32 Å². The normalized spacial score (nSPS) is 11.5. The number of carbonyl (C=O) groups excluding carboxylic acids is 1. The van der Waals surface area contributed by atoms with Gasteiger partial charge in [-0.25, -0.2) is 0 Å². The van der Waals surface area contributed by atoms with Gasteiger partial charge in [0.1, 0.15) is 6.61 Å². The molecule has 1 amide bonds. The number of carbonyl (C=O) groups is 1. The second kappa shape index (κ2) is 6.05. The van der Waals surface area contributed by atoms with E-state index in [0.29, 0.717) is 6.04 Å². The van der Waals surface area contributed by atoms with Crippen molar-refractivity contribution < 1.29 is 9.53 Å². The van der Waals surface area contributed by atoms with Crippen LogP contribution >= 0.6 is 0 Å². The van der Waals surface area contributed by atoms with E-state index in [-0.39, 0.29) is 12.5 Å². The van der Waals surface area contributed by atoms with Gasteiger partial charge in [-0.1, -0.05) is 18.2 Å². The maximum absolute atomic E-state index is 11.8. The number of para-hydroxylation sites is 1. The molecule has 2 aromatic carbocycles. The first-order valence-electron chi connectivity index (χ1n) is 7.85. The van der Waals surface area contributed by atoms with E-state index in [4.69, 9.17) is 4.74 Å². The average molecular weight is 310 g/mol. The van der Waals surface area contributed by atoms with Crippen LogP contribution in [0.1, 0.15) is 25.5 Å². The van der Waals surface area contributed by atoms with Gasteiger partial charge in [-0.3, -0.25) is 4.79 Å². The van der Waals surface area contributed by atoms with Gasteiger partial charge in [-0.2, -0.15) is 0 Å². The number of amides is 1. The van der Waals surface area contributed by atoms with Crippen molar-refractivity contribution in [2.45, 2.75) is 26.8 Å². The second-order valence-corrected chi connectivity index (χ2v) is 6.09. The smallest absolute Gasteiger partial charge is 0.250 e. The number of benzene rings is 2. The van der Waals surface area contributed by atoms with Crippen LogP contribution in [0.5, 0.6) is 0 Å². The lowest BCUT2D eigenvalue weighted by molar-refractivity contribution is -0.119. The summed E-state index contributed by atoms with van der Waals surface area (Å²) >= 11 is 0. The Kier molecular flexibility index (Phi) is 4.09. The molecule has 4 nitrogen and oxygen atoms in total. The summed E-state index contributed by atoms with van der Waals surface area (Å²) in [7, 11) is 1.52. The summed E-state index contributed by atoms with van der Waals surface area (Å²) in [5.41, 5.74) is 4.35. The molecule has 3 aromatic rings. The number of fused-ring (bicyclic) bond motifs is 3. The number of ether oxygens (including phenoxy) is 1. The highest BCUT2D eigenvalue weighted by Gasteiger charge is 2.16. The van der Waals surface area contributed by atoms with E-state index in [2.05, 4.69) is 61.0 Å². The summed E-state index contributed by atoms with van der Waals surface area (Å²) < 4.78 is 7.24. The lowest BCUT2D eigenvalue weighted by Gasteiger charge is -2.13. The van der Waals surface area contributed by atoms with Gasteiger partial charge in [0.25, 0.3) is 0 Å². The predicted octanol–water partition coefficient (Wildman–Crippen LogP) is 4.27. The van der Waals surface area contributed by atoms with Crippen molar-refractivity contribution in [1.82, 2.24) is 4.57 Å². The fourth-order valence-electron chi connectivity index (χ4n) is 3.27. The van der Waals surface area contributed by atoms with Gasteiger partial charge in [-0.15, -0.1) is 0 Å². The molecule has 1 aromatic heterocycles. The summed E-state index contributed by atoms with van der Waals surface area (Å²) in [5, 5.41) is 5.35. The molecular weight excluding hydrogens is 288 g/mol. The lowest BCUT2D eigenvalue weighted by Crippen LogP contribution is -2.17. The van der Waals surface area contributed by atoms with Gasteiger partial charge in [0.15, 0.2) is 0 Å². The van der Waals surface area contributed by atoms with E-state index < -0.39 is 0 Å². The fourth-order valence-corrected chi connectivity index (χ4v) is 3.27. The van der Waals surface area contributed by atoms with Crippen LogP contribution in [0.4, 0.5) is 5.69 Å². The molecule has 0 saturated carbocycles. The Balaban J connectivity index is 2.25. The Labute approximate surface area is 136 Å². The van der Waals surface area contributed by atoms with Crippen molar-refractivity contribution in [3.05, 3.63) is 42.0 Å². The number of hydrogen-bond donors (Lipinski definition) is 1. The topological polar surface area (TPSA) is 43.3 Å². The Bertz CT molecular complexity index is 878. The largest absolute Gasteiger partial charge is 0.375 e. The highest BCUT2D eigenvalue weighted by molar-refractivity contribution is 6.12. The zero-order valence-electron chi connectivity index (χ0n) is 14.0. The highest BCUT2D eigenvalue weighted by atomic mass is 16.5. The number of nitrogens with one attached hydrogen (secondary N) is 1. The van der Waals surface area contributed by atoms with Crippen molar-refractivity contribution in [3.63, 3.8) is 0 Å². The zero-order valence-corrected chi connectivity index (χ0v) is 14.0. The van der Waals surface area contributed by atoms with Crippen LogP contribution in [0.25, 0.3) is 21.8 Å². The lowest BCUT2D eigenvalue weighted by atomic mass is 10.1. The Hall–Kier alpha value is -2.33. The van der Waals surface area contributed by atoms with Crippen LogP contribution in [-0.2, 0) is 9.53 Å². The van der Waals surface area contributed by atoms with Gasteiger partial charge in [0.05, 0.1) is 0 Å². The minimum Gasteiger partial charge on any atom is -0.375 e. The van der Waals surface area contributed by atoms with Crippen LogP contribution in [0.15, 0.2) is 36.4 Å². The third kappa shape index (κ3) is 2.59. The quantitative estimate of drug-likeness (QED) is 0.782. The highest BCUT2D eigenvalue weighted by Crippen LogP contribution is 2.36. The number of anilines is 1. The molecule has 0 aliphatic carbocycles. The van der Waals surface area contributed by atoms with Gasteiger partial charge < -0.3 is 14.6 Å². The monoisotopic (exact) mass is 310 g/mol. The summed E-state index contributed by atoms with van der Waals surface area (Å²) in [4.78, 5) is 11.8. The molecule has 0 atom stereocenters. The van der Waals surface area contributed by atoms with E-state index >= 15 is 0 Å². The molecule has 0 radical (unpaired) electrons. The predicted molar refractivity (Wildman–Crippen MR) is 95.1 cm³/mol. The fraction of sp³-hybridized carbons (Fsp3) is 0.316. The zero-order chi connectivity index (χ0) is 16.6. The van der Waals surface area contributed by atoms with Crippen molar-refractivity contribution >= 4 is 33.4 Å². The van der Waals surface area contributed by atoms with Gasteiger partial charge >= 0.3 is 0 Å². The number of nitrogens with zero attached hydrogens (tertiary/aromatic N) is 1. The molecule has 0 saturated heterocycles. The van der Waals surface area contributed by atoms with Crippen LogP contribution in [0.3, 0.4) is 0 Å². The standard InChI is InChI=1S/C19H22N2O2/c1-12(2)21-16-8-6-5-7-14(16)19-13(3)15(9-10-17(19)21)20-18(22)11-23-4/h5-10,12H,11H2,1-4H3,(H,20,22). The van der Waals surface area contributed by atoms with E-state index in [1.165, 1.54) is 28.9 Å². The summed E-state index contributed by atoms with van der Waals surface area (Å²) in [6, 6.07) is 12.8. The van der Waals surface area contributed by atoms with Gasteiger partial charge in [-0.05, 0) is 44.5 Å². The number of methoxy groups -OCH3 is 1. The average Bonchev–Trinajstić information content (AvgIpc) is 2.85. The molecule has 1 N–H and O–H groups in total. The minimum atomic E-state index is -0.137. The molecule has 0 aliphatic rings. The molecule has 3 rings (SSSR count). The molecule has 0 spiro atoms. The molecule has 0 fully saturated rings. The van der Waals surface area contributed by atoms with Gasteiger partial charge in [0, 0.05) is 40.6 Å². The molecule has 0 unspecified atom stereocenters. The first kappa shape index (κ1) is 15.6. The first-order valence-corrected chi connectivity index (χ1v) is 7.85. The Morgan fingerprint density at radius 2 is 1.91 bits per heavy atom. The first-order chi connectivity index (χ1) is 11.0. The van der Waals surface area contributed by atoms with Crippen molar-refractivity contribution in [3.8, 4) is 0 Å².